The molecule has 4 heteroatoms. The first kappa shape index (κ1) is 5.11. The first-order valence-electron chi connectivity index (χ1n) is 2.31. The third-order valence-corrected chi connectivity index (χ3v) is 0.814. The molecule has 1 aliphatic heterocycles. The van der Waals surface area contributed by atoms with Gasteiger partial charge in [-0.15, -0.1) is 0 Å². The van der Waals surface area contributed by atoms with Crippen molar-refractivity contribution in [2.45, 2.75) is 0 Å². The molecule has 0 aromatic heterocycles. The fourth-order valence-electron chi connectivity index (χ4n) is 0.462. The number of hydrogen-bond donors (Lipinski definition) is 3. The molecule has 0 aliphatic carbocycles. The summed E-state index contributed by atoms with van der Waals surface area (Å²) in [6.45, 7) is 3.98. The Hall–Kier alpha value is -1.03. The lowest BCUT2D eigenvalue weighted by Gasteiger charge is -1.93. The minimum absolute atomic E-state index is 0.423. The zero-order valence-corrected chi connectivity index (χ0v) is 4.44. The lowest BCUT2D eigenvalue weighted by atomic mass is 10.6. The molecule has 0 fully saturated rings. The highest BCUT2D eigenvalue weighted by Gasteiger charge is 2.03. The Morgan fingerprint density at radius 3 is 2.75 bits per heavy atom. The molecular weight excluding hydrogens is 104 g/mol. The smallest absolute Gasteiger partial charge is 0.141 e. The summed E-state index contributed by atoms with van der Waals surface area (Å²) in [4.78, 5) is 0. The third kappa shape index (κ3) is 0.788. The number of hydrazone groups is 1. The Labute approximate surface area is 47.4 Å². The first-order chi connectivity index (χ1) is 3.83. The van der Waals surface area contributed by atoms with Crippen LogP contribution >= 0.6 is 0 Å². The van der Waals surface area contributed by atoms with Crippen molar-refractivity contribution in [3.05, 3.63) is 12.4 Å². The molecule has 0 unspecified atom stereocenters. The van der Waals surface area contributed by atoms with Crippen LogP contribution in [0.2, 0.25) is 0 Å². The molecule has 0 bridgehead atoms. The maximum Gasteiger partial charge on any atom is 0.141 e. The number of rotatable bonds is 1. The van der Waals surface area contributed by atoms with Crippen molar-refractivity contribution in [1.82, 2.24) is 10.7 Å². The number of hydrogen-bond acceptors (Lipinski definition) is 4. The van der Waals surface area contributed by atoms with Gasteiger partial charge in [0.15, 0.2) is 0 Å². The maximum absolute atomic E-state index is 5.22. The minimum Gasteiger partial charge on any atom is -0.327 e. The molecule has 1 rings (SSSR count). The van der Waals surface area contributed by atoms with Crippen LogP contribution in [-0.2, 0) is 0 Å². The van der Waals surface area contributed by atoms with Gasteiger partial charge in [-0.2, -0.15) is 5.10 Å². The van der Waals surface area contributed by atoms with Crippen LogP contribution in [0.15, 0.2) is 17.5 Å². The van der Waals surface area contributed by atoms with Gasteiger partial charge in [0.05, 0.1) is 6.54 Å². The first-order valence-corrected chi connectivity index (χ1v) is 2.31. The fourth-order valence-corrected chi connectivity index (χ4v) is 0.462. The van der Waals surface area contributed by atoms with Crippen LogP contribution in [0, 0.1) is 0 Å². The largest absolute Gasteiger partial charge is 0.327 e. The van der Waals surface area contributed by atoms with E-state index >= 15 is 0 Å². The van der Waals surface area contributed by atoms with Gasteiger partial charge in [0.25, 0.3) is 0 Å². The molecule has 0 amide bonds. The number of amidine groups is 1. The Bertz CT molecular complexity index is 137. The van der Waals surface area contributed by atoms with Crippen molar-refractivity contribution in [1.29, 1.82) is 0 Å². The average Bonchev–Trinajstić information content (AvgIpc) is 2.14. The van der Waals surface area contributed by atoms with Gasteiger partial charge in [-0.05, 0) is 0 Å². The fraction of sp³-hybridized carbons (Fsp3) is 0.250. The molecule has 0 aromatic carbocycles. The van der Waals surface area contributed by atoms with Gasteiger partial charge in [-0.3, -0.25) is 5.43 Å². The van der Waals surface area contributed by atoms with E-state index in [1.165, 1.54) is 0 Å². The highest BCUT2D eigenvalue weighted by Crippen LogP contribution is 1.85. The van der Waals surface area contributed by atoms with Crippen LogP contribution in [0.5, 0.6) is 0 Å². The van der Waals surface area contributed by atoms with Gasteiger partial charge in [-0.25, -0.2) is 0 Å². The average molecular weight is 112 g/mol. The molecule has 0 saturated carbocycles. The molecule has 8 heavy (non-hydrogen) atoms. The van der Waals surface area contributed by atoms with Crippen LogP contribution in [0.25, 0.3) is 0 Å². The van der Waals surface area contributed by atoms with Gasteiger partial charge in [0, 0.05) is 0 Å². The lowest BCUT2D eigenvalue weighted by molar-refractivity contribution is 0.904. The zero-order chi connectivity index (χ0) is 5.98. The molecule has 1 aliphatic rings. The van der Waals surface area contributed by atoms with E-state index in [4.69, 9.17) is 5.73 Å². The SMILES string of the molecule is C=C1NN=C(CN)N1. The third-order valence-electron chi connectivity index (χ3n) is 0.814. The van der Waals surface area contributed by atoms with Gasteiger partial charge in [-0.1, -0.05) is 6.58 Å². The van der Waals surface area contributed by atoms with Crippen LogP contribution in [0.3, 0.4) is 0 Å². The Balaban J connectivity index is 2.49. The lowest BCUT2D eigenvalue weighted by Crippen LogP contribution is -2.25. The summed E-state index contributed by atoms with van der Waals surface area (Å²) < 4.78 is 0. The molecule has 0 aromatic rings. The maximum atomic E-state index is 5.22. The molecule has 0 saturated heterocycles. The molecule has 0 atom stereocenters. The summed E-state index contributed by atoms with van der Waals surface area (Å²) in [5, 5.41) is 6.59. The minimum atomic E-state index is 0.423. The normalized spacial score (nSPS) is 17.1. The zero-order valence-electron chi connectivity index (χ0n) is 4.44. The highest BCUT2D eigenvalue weighted by molar-refractivity contribution is 5.86. The van der Waals surface area contributed by atoms with Gasteiger partial charge >= 0.3 is 0 Å². The number of nitrogens with zero attached hydrogens (tertiary/aromatic N) is 1. The number of nitrogens with two attached hydrogens (primary N) is 1. The van der Waals surface area contributed by atoms with Crippen molar-refractivity contribution < 1.29 is 0 Å². The van der Waals surface area contributed by atoms with E-state index in [-0.39, 0.29) is 0 Å². The van der Waals surface area contributed by atoms with Crippen LogP contribution < -0.4 is 16.5 Å². The van der Waals surface area contributed by atoms with Crippen molar-refractivity contribution in [3.63, 3.8) is 0 Å². The molecule has 44 valence electrons. The van der Waals surface area contributed by atoms with E-state index in [1.54, 1.807) is 0 Å². The Kier molecular flexibility index (Phi) is 1.17. The molecular formula is C4H8N4. The standard InChI is InChI=1S/C4H8N4/c1-3-6-4(2-5)8-7-3/h7H,1-2,5H2,(H,6,8). The van der Waals surface area contributed by atoms with Crippen molar-refractivity contribution in [2.24, 2.45) is 10.8 Å². The predicted molar refractivity (Wildman–Crippen MR) is 31.9 cm³/mol. The van der Waals surface area contributed by atoms with Crippen LogP contribution in [-0.4, -0.2) is 12.4 Å². The topological polar surface area (TPSA) is 62.4 Å². The van der Waals surface area contributed by atoms with Crippen molar-refractivity contribution >= 4 is 5.84 Å². The Morgan fingerprint density at radius 2 is 2.50 bits per heavy atom. The second-order valence-electron chi connectivity index (χ2n) is 1.48. The van der Waals surface area contributed by atoms with E-state index < -0.39 is 0 Å². The predicted octanol–water partition coefficient (Wildman–Crippen LogP) is -1.08. The molecule has 0 radical (unpaired) electrons. The van der Waals surface area contributed by atoms with E-state index in [0.717, 1.165) is 5.84 Å². The van der Waals surface area contributed by atoms with Gasteiger partial charge < -0.3 is 11.1 Å². The summed E-state index contributed by atoms with van der Waals surface area (Å²) in [6.07, 6.45) is 0. The molecule has 1 heterocycles. The Morgan fingerprint density at radius 1 is 1.75 bits per heavy atom. The van der Waals surface area contributed by atoms with Crippen LogP contribution in [0.1, 0.15) is 0 Å². The van der Waals surface area contributed by atoms with E-state index in [9.17, 15) is 0 Å². The molecule has 0 spiro atoms. The molecule has 4 nitrogen and oxygen atoms in total. The number of nitrogens with one attached hydrogen (secondary N) is 2. The highest BCUT2D eigenvalue weighted by atomic mass is 15.4. The van der Waals surface area contributed by atoms with E-state index in [1.807, 2.05) is 0 Å². The summed E-state index contributed by atoms with van der Waals surface area (Å²) in [5.74, 6) is 1.42. The van der Waals surface area contributed by atoms with Crippen LogP contribution in [0.4, 0.5) is 0 Å². The summed E-state index contributed by atoms with van der Waals surface area (Å²) in [5.41, 5.74) is 7.84. The quantitative estimate of drug-likeness (QED) is 0.404. The van der Waals surface area contributed by atoms with Crippen molar-refractivity contribution in [3.8, 4) is 0 Å². The van der Waals surface area contributed by atoms with Crippen molar-refractivity contribution in [2.75, 3.05) is 6.54 Å². The van der Waals surface area contributed by atoms with Gasteiger partial charge in [0.1, 0.15) is 11.7 Å². The molecule has 4 N–H and O–H groups in total. The van der Waals surface area contributed by atoms with Gasteiger partial charge in [0.2, 0.25) is 0 Å². The summed E-state index contributed by atoms with van der Waals surface area (Å²) >= 11 is 0. The second kappa shape index (κ2) is 1.83. The monoisotopic (exact) mass is 112 g/mol. The van der Waals surface area contributed by atoms with E-state index in [0.29, 0.717) is 12.4 Å². The summed E-state index contributed by atoms with van der Waals surface area (Å²) in [7, 11) is 0. The van der Waals surface area contributed by atoms with E-state index in [2.05, 4.69) is 22.4 Å². The summed E-state index contributed by atoms with van der Waals surface area (Å²) in [6, 6.07) is 0. The second-order valence-corrected chi connectivity index (χ2v) is 1.48.